The van der Waals surface area contributed by atoms with E-state index in [0.717, 1.165) is 38.8 Å². The molecule has 0 atom stereocenters. The van der Waals surface area contributed by atoms with Crippen molar-refractivity contribution in [3.63, 3.8) is 0 Å². The topological polar surface area (TPSA) is 38.3 Å². The van der Waals surface area contributed by atoms with Gasteiger partial charge in [0.1, 0.15) is 0 Å². The van der Waals surface area contributed by atoms with Gasteiger partial charge in [0.25, 0.3) is 6.47 Å². The fourth-order valence-corrected chi connectivity index (χ4v) is 2.82. The second-order valence-electron chi connectivity index (χ2n) is 5.13. The first-order valence-electron chi connectivity index (χ1n) is 6.65. The van der Waals surface area contributed by atoms with Crippen molar-refractivity contribution in [1.82, 2.24) is 5.32 Å². The molecule has 1 heterocycles. The number of carbonyl (C=O) groups is 1. The summed E-state index contributed by atoms with van der Waals surface area (Å²) in [5.41, 5.74) is 1.67. The van der Waals surface area contributed by atoms with Crippen LogP contribution in [0.4, 0.5) is 0 Å². The Hall–Kier alpha value is -1.06. The summed E-state index contributed by atoms with van der Waals surface area (Å²) in [6.45, 7) is 3.22. The Kier molecular flexibility index (Phi) is 6.89. The molecule has 0 bridgehead atoms. The molecule has 0 aliphatic carbocycles. The summed E-state index contributed by atoms with van der Waals surface area (Å²) in [7, 11) is 0. The Labute approximate surface area is 121 Å². The third-order valence-corrected chi connectivity index (χ3v) is 3.90. The van der Waals surface area contributed by atoms with E-state index in [9.17, 15) is 4.79 Å². The molecule has 2 rings (SSSR count). The number of benzene rings is 1. The molecular formula is C15H22ClNO2. The minimum atomic E-state index is 0. The standard InChI is InChI=1S/C15H21NO2.ClH/c17-13-18-11-8-15(6-9-16-10-7-15)12-14-4-2-1-3-5-14;/h1-5,13,16H,6-12H2;1H. The van der Waals surface area contributed by atoms with Gasteiger partial charge < -0.3 is 10.1 Å². The molecule has 0 aromatic heterocycles. The highest BCUT2D eigenvalue weighted by molar-refractivity contribution is 5.85. The molecule has 19 heavy (non-hydrogen) atoms. The molecule has 0 unspecified atom stereocenters. The summed E-state index contributed by atoms with van der Waals surface area (Å²) in [5, 5.41) is 3.41. The van der Waals surface area contributed by atoms with Crippen LogP contribution < -0.4 is 5.32 Å². The van der Waals surface area contributed by atoms with Crippen LogP contribution in [0.1, 0.15) is 24.8 Å². The van der Waals surface area contributed by atoms with Gasteiger partial charge in [-0.05, 0) is 49.8 Å². The number of hydrogen-bond acceptors (Lipinski definition) is 3. The normalized spacial score (nSPS) is 17.3. The molecule has 1 saturated heterocycles. The SMILES string of the molecule is Cl.O=COCCC1(Cc2ccccc2)CCNCC1. The van der Waals surface area contributed by atoms with Gasteiger partial charge in [0.05, 0.1) is 6.61 Å². The zero-order chi connectivity index (χ0) is 12.7. The lowest BCUT2D eigenvalue weighted by molar-refractivity contribution is -0.129. The predicted octanol–water partition coefficient (Wildman–Crippen LogP) is 2.58. The van der Waals surface area contributed by atoms with Crippen LogP contribution in [-0.4, -0.2) is 26.2 Å². The van der Waals surface area contributed by atoms with Gasteiger partial charge >= 0.3 is 0 Å². The number of ether oxygens (including phenoxy) is 1. The van der Waals surface area contributed by atoms with Crippen LogP contribution in [0.25, 0.3) is 0 Å². The molecule has 1 aromatic carbocycles. The summed E-state index contributed by atoms with van der Waals surface area (Å²) < 4.78 is 4.90. The lowest BCUT2D eigenvalue weighted by Gasteiger charge is -2.37. The van der Waals surface area contributed by atoms with E-state index < -0.39 is 0 Å². The number of hydrogen-bond donors (Lipinski definition) is 1. The molecule has 106 valence electrons. The summed E-state index contributed by atoms with van der Waals surface area (Å²) in [5.74, 6) is 0. The number of rotatable bonds is 6. The van der Waals surface area contributed by atoms with Crippen molar-refractivity contribution >= 4 is 18.9 Å². The second kappa shape index (κ2) is 8.18. The number of halogens is 1. The first kappa shape index (κ1) is 16.0. The summed E-state index contributed by atoms with van der Waals surface area (Å²) >= 11 is 0. The Morgan fingerprint density at radius 3 is 2.53 bits per heavy atom. The van der Waals surface area contributed by atoms with Crippen molar-refractivity contribution in [2.24, 2.45) is 5.41 Å². The van der Waals surface area contributed by atoms with E-state index in [2.05, 4.69) is 29.6 Å². The van der Waals surface area contributed by atoms with Gasteiger partial charge in [-0.3, -0.25) is 4.79 Å². The molecule has 4 heteroatoms. The monoisotopic (exact) mass is 283 g/mol. The summed E-state index contributed by atoms with van der Waals surface area (Å²) in [4.78, 5) is 10.3. The van der Waals surface area contributed by atoms with E-state index in [4.69, 9.17) is 4.74 Å². The third-order valence-electron chi connectivity index (χ3n) is 3.90. The summed E-state index contributed by atoms with van der Waals surface area (Å²) in [6.07, 6.45) is 4.36. The fraction of sp³-hybridized carbons (Fsp3) is 0.533. The van der Waals surface area contributed by atoms with Crippen molar-refractivity contribution in [2.45, 2.75) is 25.7 Å². The lowest BCUT2D eigenvalue weighted by atomic mass is 9.72. The van der Waals surface area contributed by atoms with Crippen molar-refractivity contribution in [2.75, 3.05) is 19.7 Å². The highest BCUT2D eigenvalue weighted by Crippen LogP contribution is 2.36. The maximum Gasteiger partial charge on any atom is 0.293 e. The number of nitrogens with one attached hydrogen (secondary N) is 1. The van der Waals surface area contributed by atoms with E-state index in [1.165, 1.54) is 5.56 Å². The maximum absolute atomic E-state index is 10.3. The number of piperidine rings is 1. The van der Waals surface area contributed by atoms with E-state index >= 15 is 0 Å². The van der Waals surface area contributed by atoms with Crippen LogP contribution in [0.5, 0.6) is 0 Å². The Bertz CT molecular complexity index is 364. The Balaban J connectivity index is 0.00000180. The van der Waals surface area contributed by atoms with Gasteiger partial charge in [0.2, 0.25) is 0 Å². The van der Waals surface area contributed by atoms with E-state index in [-0.39, 0.29) is 17.8 Å². The van der Waals surface area contributed by atoms with E-state index in [1.807, 2.05) is 6.07 Å². The molecule has 1 aliphatic heterocycles. The smallest absolute Gasteiger partial charge is 0.293 e. The predicted molar refractivity (Wildman–Crippen MR) is 78.6 cm³/mol. The fourth-order valence-electron chi connectivity index (χ4n) is 2.82. The van der Waals surface area contributed by atoms with Gasteiger partial charge in [-0.2, -0.15) is 0 Å². The minimum absolute atomic E-state index is 0. The molecule has 0 spiro atoms. The quantitative estimate of drug-likeness (QED) is 0.644. The van der Waals surface area contributed by atoms with Gasteiger partial charge in [-0.25, -0.2) is 0 Å². The first-order valence-corrected chi connectivity index (χ1v) is 6.65. The maximum atomic E-state index is 10.3. The lowest BCUT2D eigenvalue weighted by Crippen LogP contribution is -2.39. The minimum Gasteiger partial charge on any atom is -0.468 e. The Morgan fingerprint density at radius 2 is 1.89 bits per heavy atom. The first-order chi connectivity index (χ1) is 8.85. The largest absolute Gasteiger partial charge is 0.468 e. The van der Waals surface area contributed by atoms with Gasteiger partial charge in [0, 0.05) is 0 Å². The average molecular weight is 284 g/mol. The molecular weight excluding hydrogens is 262 g/mol. The molecule has 1 fully saturated rings. The van der Waals surface area contributed by atoms with E-state index in [0.29, 0.717) is 13.1 Å². The van der Waals surface area contributed by atoms with Crippen molar-refractivity contribution in [3.8, 4) is 0 Å². The highest BCUT2D eigenvalue weighted by Gasteiger charge is 2.31. The summed E-state index contributed by atoms with van der Waals surface area (Å²) in [6, 6.07) is 10.6. The van der Waals surface area contributed by atoms with Crippen molar-refractivity contribution in [1.29, 1.82) is 0 Å². The zero-order valence-electron chi connectivity index (χ0n) is 11.1. The van der Waals surface area contributed by atoms with Crippen LogP contribution in [-0.2, 0) is 16.0 Å². The molecule has 1 N–H and O–H groups in total. The van der Waals surface area contributed by atoms with Crippen LogP contribution in [0.15, 0.2) is 30.3 Å². The van der Waals surface area contributed by atoms with Crippen LogP contribution in [0, 0.1) is 5.41 Å². The van der Waals surface area contributed by atoms with Crippen molar-refractivity contribution in [3.05, 3.63) is 35.9 Å². The van der Waals surface area contributed by atoms with Crippen molar-refractivity contribution < 1.29 is 9.53 Å². The molecule has 0 radical (unpaired) electrons. The average Bonchev–Trinajstić information content (AvgIpc) is 2.41. The molecule has 1 aliphatic rings. The van der Waals surface area contributed by atoms with Crippen LogP contribution in [0.2, 0.25) is 0 Å². The van der Waals surface area contributed by atoms with Gasteiger partial charge in [0.15, 0.2) is 0 Å². The van der Waals surface area contributed by atoms with Crippen LogP contribution in [0.3, 0.4) is 0 Å². The molecule has 0 amide bonds. The molecule has 3 nitrogen and oxygen atoms in total. The Morgan fingerprint density at radius 1 is 1.21 bits per heavy atom. The third kappa shape index (κ3) is 4.84. The van der Waals surface area contributed by atoms with Gasteiger partial charge in [-0.15, -0.1) is 12.4 Å². The van der Waals surface area contributed by atoms with Gasteiger partial charge in [-0.1, -0.05) is 30.3 Å². The number of carbonyl (C=O) groups excluding carboxylic acids is 1. The van der Waals surface area contributed by atoms with Crippen LogP contribution >= 0.6 is 12.4 Å². The highest BCUT2D eigenvalue weighted by atomic mass is 35.5. The zero-order valence-corrected chi connectivity index (χ0v) is 12.0. The second-order valence-corrected chi connectivity index (χ2v) is 5.13. The van der Waals surface area contributed by atoms with E-state index in [1.54, 1.807) is 0 Å². The molecule has 1 aromatic rings. The molecule has 0 saturated carbocycles.